The van der Waals surface area contributed by atoms with Crippen LogP contribution < -0.4 is 0 Å². The molecule has 0 saturated carbocycles. The first-order valence-electron chi connectivity index (χ1n) is 6.90. The van der Waals surface area contributed by atoms with Gasteiger partial charge in [0.2, 0.25) is 5.89 Å². The van der Waals surface area contributed by atoms with E-state index >= 15 is 0 Å². The van der Waals surface area contributed by atoms with Gasteiger partial charge in [0, 0.05) is 26.3 Å². The van der Waals surface area contributed by atoms with Crippen LogP contribution in [0.25, 0.3) is 11.2 Å². The van der Waals surface area contributed by atoms with Crippen LogP contribution in [0, 0.1) is 6.92 Å². The largest absolute Gasteiger partial charge is 0.340 e. The molecule has 3 heterocycles. The van der Waals surface area contributed by atoms with Gasteiger partial charge in [0.15, 0.2) is 11.5 Å². The molecule has 0 atom stereocenters. The third-order valence-electron chi connectivity index (χ3n) is 3.39. The van der Waals surface area contributed by atoms with Crippen LogP contribution in [-0.2, 0) is 26.4 Å². The third kappa shape index (κ3) is 2.42. The molecule has 0 unspecified atom stereocenters. The number of halogens is 1. The summed E-state index contributed by atoms with van der Waals surface area (Å²) in [4.78, 5) is 8.97. The maximum absolute atomic E-state index is 5.90. The molecule has 0 bridgehead atoms. The molecular formula is C13H17ClN6O. The predicted molar refractivity (Wildman–Crippen MR) is 78.4 cm³/mol. The van der Waals surface area contributed by atoms with Crippen molar-refractivity contribution in [1.29, 1.82) is 0 Å². The van der Waals surface area contributed by atoms with Gasteiger partial charge in [0.25, 0.3) is 0 Å². The van der Waals surface area contributed by atoms with Gasteiger partial charge in [0.05, 0.1) is 12.2 Å². The van der Waals surface area contributed by atoms with Gasteiger partial charge >= 0.3 is 0 Å². The summed E-state index contributed by atoms with van der Waals surface area (Å²) >= 11 is 5.90. The summed E-state index contributed by atoms with van der Waals surface area (Å²) in [6.45, 7) is 4.35. The second-order valence-corrected chi connectivity index (χ2v) is 5.26. The van der Waals surface area contributed by atoms with Crippen LogP contribution in [-0.4, -0.2) is 35.4 Å². The van der Waals surface area contributed by atoms with E-state index in [9.17, 15) is 0 Å². The summed E-state index contributed by atoms with van der Waals surface area (Å²) < 4.78 is 8.96. The van der Waals surface area contributed by atoms with Crippen LogP contribution in [0.1, 0.15) is 30.2 Å². The number of imidazole rings is 1. The standard InChI is InChI=1S/C13H17ClN6O/c1-4-9-12-13(19(3)17-9)20(11(16-12)5-6-14)7-10-15-8(2)21-18-10/h4-7H2,1-3H3. The highest BCUT2D eigenvalue weighted by Gasteiger charge is 2.19. The van der Waals surface area contributed by atoms with Crippen molar-refractivity contribution in [2.75, 3.05) is 5.88 Å². The van der Waals surface area contributed by atoms with Crippen LogP contribution in [0.15, 0.2) is 4.52 Å². The zero-order chi connectivity index (χ0) is 15.0. The van der Waals surface area contributed by atoms with E-state index in [4.69, 9.17) is 21.1 Å². The second kappa shape index (κ2) is 5.48. The number of aromatic nitrogens is 6. The molecule has 0 saturated heterocycles. The van der Waals surface area contributed by atoms with Crippen LogP contribution in [0.5, 0.6) is 0 Å². The number of aryl methyl sites for hydroxylation is 4. The molecule has 3 rings (SSSR count). The number of nitrogens with zero attached hydrogens (tertiary/aromatic N) is 6. The van der Waals surface area contributed by atoms with E-state index < -0.39 is 0 Å². The molecule has 8 heteroatoms. The van der Waals surface area contributed by atoms with E-state index in [2.05, 4.69) is 26.7 Å². The molecule has 3 aromatic rings. The molecule has 3 aromatic heterocycles. The first kappa shape index (κ1) is 14.1. The summed E-state index contributed by atoms with van der Waals surface area (Å²) in [6, 6.07) is 0. The van der Waals surface area contributed by atoms with Gasteiger partial charge in [0.1, 0.15) is 11.3 Å². The highest BCUT2D eigenvalue weighted by molar-refractivity contribution is 6.17. The maximum atomic E-state index is 5.90. The Hall–Kier alpha value is -1.89. The average molecular weight is 309 g/mol. The molecule has 0 N–H and O–H groups in total. The number of hydrogen-bond donors (Lipinski definition) is 0. The minimum Gasteiger partial charge on any atom is -0.340 e. The SMILES string of the molecule is CCc1nn(C)c2c1nc(CCCl)n2Cc1noc(C)n1. The van der Waals surface area contributed by atoms with Gasteiger partial charge in [-0.3, -0.25) is 4.68 Å². The van der Waals surface area contributed by atoms with Gasteiger partial charge in [-0.25, -0.2) is 4.98 Å². The Labute approximate surface area is 126 Å². The van der Waals surface area contributed by atoms with Crippen molar-refractivity contribution in [3.8, 4) is 0 Å². The summed E-state index contributed by atoms with van der Waals surface area (Å²) in [6.07, 6.45) is 1.53. The van der Waals surface area contributed by atoms with E-state index in [1.807, 2.05) is 11.7 Å². The molecule has 0 amide bonds. The lowest BCUT2D eigenvalue weighted by molar-refractivity contribution is 0.386. The minimum absolute atomic E-state index is 0.503. The van der Waals surface area contributed by atoms with E-state index in [1.54, 1.807) is 6.92 Å². The van der Waals surface area contributed by atoms with Crippen LogP contribution >= 0.6 is 11.6 Å². The van der Waals surface area contributed by atoms with Gasteiger partial charge in [-0.05, 0) is 6.42 Å². The molecular weight excluding hydrogens is 292 g/mol. The number of fused-ring (bicyclic) bond motifs is 1. The Balaban J connectivity index is 2.13. The highest BCUT2D eigenvalue weighted by atomic mass is 35.5. The van der Waals surface area contributed by atoms with Gasteiger partial charge in [-0.2, -0.15) is 10.1 Å². The Bertz CT molecular complexity index is 771. The number of alkyl halides is 1. The van der Waals surface area contributed by atoms with Gasteiger partial charge < -0.3 is 9.09 Å². The number of hydrogen-bond acceptors (Lipinski definition) is 5. The highest BCUT2D eigenvalue weighted by Crippen LogP contribution is 2.21. The third-order valence-corrected chi connectivity index (χ3v) is 3.58. The molecule has 0 aliphatic carbocycles. The quantitative estimate of drug-likeness (QED) is 0.672. The van der Waals surface area contributed by atoms with Gasteiger partial charge in [-0.15, -0.1) is 11.6 Å². The first-order chi connectivity index (χ1) is 10.1. The predicted octanol–water partition coefficient (Wildman–Crippen LogP) is 1.85. The smallest absolute Gasteiger partial charge is 0.223 e. The zero-order valence-corrected chi connectivity index (χ0v) is 13.1. The number of rotatable bonds is 5. The van der Waals surface area contributed by atoms with Crippen molar-refractivity contribution in [2.45, 2.75) is 33.2 Å². The Morgan fingerprint density at radius 2 is 2.10 bits per heavy atom. The van der Waals surface area contributed by atoms with E-state index in [1.165, 1.54) is 0 Å². The molecule has 0 fully saturated rings. The van der Waals surface area contributed by atoms with Crippen molar-refractivity contribution < 1.29 is 4.52 Å². The topological polar surface area (TPSA) is 74.6 Å². The van der Waals surface area contributed by atoms with E-state index in [-0.39, 0.29) is 0 Å². The van der Waals surface area contributed by atoms with Crippen LogP contribution in [0.3, 0.4) is 0 Å². The van der Waals surface area contributed by atoms with Crippen molar-refractivity contribution >= 4 is 22.8 Å². The molecule has 0 spiro atoms. The molecule has 0 aromatic carbocycles. The Morgan fingerprint density at radius 1 is 1.29 bits per heavy atom. The first-order valence-corrected chi connectivity index (χ1v) is 7.43. The summed E-state index contributed by atoms with van der Waals surface area (Å²) in [5, 5.41) is 8.47. The fraction of sp³-hybridized carbons (Fsp3) is 0.538. The molecule has 0 aliphatic rings. The Kier molecular flexibility index (Phi) is 3.67. The summed E-state index contributed by atoms with van der Waals surface area (Å²) in [5.41, 5.74) is 2.89. The average Bonchev–Trinajstić information content (AvgIpc) is 3.09. The molecule has 21 heavy (non-hydrogen) atoms. The summed E-state index contributed by atoms with van der Waals surface area (Å²) in [7, 11) is 1.92. The fourth-order valence-corrected chi connectivity index (χ4v) is 2.68. The maximum Gasteiger partial charge on any atom is 0.223 e. The van der Waals surface area contributed by atoms with Crippen LogP contribution in [0.4, 0.5) is 0 Å². The molecule has 7 nitrogen and oxygen atoms in total. The van der Waals surface area contributed by atoms with E-state index in [0.717, 1.165) is 29.1 Å². The molecule has 0 aliphatic heterocycles. The van der Waals surface area contributed by atoms with Gasteiger partial charge in [-0.1, -0.05) is 12.1 Å². The van der Waals surface area contributed by atoms with Crippen molar-refractivity contribution in [2.24, 2.45) is 7.05 Å². The lowest BCUT2D eigenvalue weighted by atomic mass is 10.3. The van der Waals surface area contributed by atoms with E-state index in [0.29, 0.717) is 30.6 Å². The normalized spacial score (nSPS) is 11.6. The molecule has 112 valence electrons. The minimum atomic E-state index is 0.503. The van der Waals surface area contributed by atoms with Crippen LogP contribution in [0.2, 0.25) is 0 Å². The zero-order valence-electron chi connectivity index (χ0n) is 12.3. The van der Waals surface area contributed by atoms with Crippen molar-refractivity contribution in [3.63, 3.8) is 0 Å². The lowest BCUT2D eigenvalue weighted by Gasteiger charge is -2.06. The molecule has 0 radical (unpaired) electrons. The fourth-order valence-electron chi connectivity index (χ4n) is 2.51. The monoisotopic (exact) mass is 308 g/mol. The van der Waals surface area contributed by atoms with Crippen molar-refractivity contribution in [3.05, 3.63) is 23.2 Å². The second-order valence-electron chi connectivity index (χ2n) is 4.88. The Morgan fingerprint density at radius 3 is 2.71 bits per heavy atom. The summed E-state index contributed by atoms with van der Waals surface area (Å²) in [5.74, 6) is 2.62. The lowest BCUT2D eigenvalue weighted by Crippen LogP contribution is -2.10. The van der Waals surface area contributed by atoms with Crippen molar-refractivity contribution in [1.82, 2.24) is 29.5 Å².